The van der Waals surface area contributed by atoms with Crippen LogP contribution in [-0.4, -0.2) is 67.7 Å². The van der Waals surface area contributed by atoms with E-state index in [1.165, 1.54) is 12.8 Å². The summed E-state index contributed by atoms with van der Waals surface area (Å²) in [7, 11) is 1.62. The van der Waals surface area contributed by atoms with Gasteiger partial charge in [0.1, 0.15) is 12.7 Å². The fraction of sp³-hybridized carbons (Fsp3) is 0.700. The quantitative estimate of drug-likeness (QED) is 0.553. The SMILES string of the molecule is COc1cc(CNCC(C)(C)CO)ccc1OCC(O)CN1CCCC1. The summed E-state index contributed by atoms with van der Waals surface area (Å²) in [6, 6.07) is 5.82. The molecular weight excluding hydrogens is 332 g/mol. The highest BCUT2D eigenvalue weighted by Gasteiger charge is 2.17. The lowest BCUT2D eigenvalue weighted by Gasteiger charge is -2.22. The van der Waals surface area contributed by atoms with Gasteiger partial charge in [-0.2, -0.15) is 0 Å². The summed E-state index contributed by atoms with van der Waals surface area (Å²) in [6.07, 6.45) is 1.93. The van der Waals surface area contributed by atoms with E-state index in [1.807, 2.05) is 32.0 Å². The number of likely N-dealkylation sites (tertiary alicyclic amines) is 1. The summed E-state index contributed by atoms with van der Waals surface area (Å²) in [5.41, 5.74) is 0.944. The first-order valence-electron chi connectivity index (χ1n) is 9.45. The minimum absolute atomic E-state index is 0.140. The Morgan fingerprint density at radius 1 is 1.23 bits per heavy atom. The Bertz CT molecular complexity index is 545. The molecule has 1 aromatic rings. The zero-order valence-electron chi connectivity index (χ0n) is 16.3. The van der Waals surface area contributed by atoms with Crippen molar-refractivity contribution in [2.75, 3.05) is 46.5 Å². The van der Waals surface area contributed by atoms with Crippen molar-refractivity contribution in [1.82, 2.24) is 10.2 Å². The van der Waals surface area contributed by atoms with Gasteiger partial charge in [-0.15, -0.1) is 0 Å². The molecule has 148 valence electrons. The van der Waals surface area contributed by atoms with Crippen molar-refractivity contribution in [3.05, 3.63) is 23.8 Å². The smallest absolute Gasteiger partial charge is 0.161 e. The van der Waals surface area contributed by atoms with Gasteiger partial charge in [-0.3, -0.25) is 0 Å². The maximum absolute atomic E-state index is 10.2. The Morgan fingerprint density at radius 3 is 2.62 bits per heavy atom. The summed E-state index contributed by atoms with van der Waals surface area (Å²) >= 11 is 0. The predicted octanol–water partition coefficient (Wildman–Crippen LogP) is 1.64. The van der Waals surface area contributed by atoms with E-state index in [9.17, 15) is 10.2 Å². The van der Waals surface area contributed by atoms with Crippen molar-refractivity contribution in [1.29, 1.82) is 0 Å². The van der Waals surface area contributed by atoms with Gasteiger partial charge in [0.25, 0.3) is 0 Å². The molecule has 1 saturated heterocycles. The van der Waals surface area contributed by atoms with Crippen LogP contribution in [0.1, 0.15) is 32.3 Å². The Morgan fingerprint density at radius 2 is 1.96 bits per heavy atom. The van der Waals surface area contributed by atoms with Crippen LogP contribution < -0.4 is 14.8 Å². The number of nitrogens with zero attached hydrogens (tertiary/aromatic N) is 1. The second-order valence-electron chi connectivity index (χ2n) is 7.88. The maximum Gasteiger partial charge on any atom is 0.161 e. The number of hydrogen-bond donors (Lipinski definition) is 3. The lowest BCUT2D eigenvalue weighted by molar-refractivity contribution is 0.0747. The Kier molecular flexibility index (Phi) is 8.15. The van der Waals surface area contributed by atoms with E-state index in [1.54, 1.807) is 7.11 Å². The van der Waals surface area contributed by atoms with Crippen LogP contribution in [0.25, 0.3) is 0 Å². The summed E-state index contributed by atoms with van der Waals surface area (Å²) in [5.74, 6) is 1.31. The second kappa shape index (κ2) is 10.1. The van der Waals surface area contributed by atoms with Gasteiger partial charge in [0.05, 0.1) is 7.11 Å². The molecule has 6 heteroatoms. The molecule has 2 rings (SSSR count). The fourth-order valence-electron chi connectivity index (χ4n) is 3.04. The third-order valence-corrected chi connectivity index (χ3v) is 4.69. The molecule has 0 radical (unpaired) electrons. The van der Waals surface area contributed by atoms with E-state index >= 15 is 0 Å². The topological polar surface area (TPSA) is 74.2 Å². The van der Waals surface area contributed by atoms with Crippen molar-refractivity contribution in [3.8, 4) is 11.5 Å². The first-order valence-corrected chi connectivity index (χ1v) is 9.45. The van der Waals surface area contributed by atoms with Gasteiger partial charge in [0.2, 0.25) is 0 Å². The number of benzene rings is 1. The molecule has 1 aliphatic rings. The van der Waals surface area contributed by atoms with Crippen molar-refractivity contribution >= 4 is 0 Å². The van der Waals surface area contributed by atoms with Crippen LogP contribution in [0.2, 0.25) is 0 Å². The number of hydrogen-bond acceptors (Lipinski definition) is 6. The van der Waals surface area contributed by atoms with E-state index in [2.05, 4.69) is 10.2 Å². The fourth-order valence-corrected chi connectivity index (χ4v) is 3.04. The highest BCUT2D eigenvalue weighted by Crippen LogP contribution is 2.28. The average Bonchev–Trinajstić information content (AvgIpc) is 3.13. The molecule has 1 aromatic carbocycles. The lowest BCUT2D eigenvalue weighted by atomic mass is 9.95. The zero-order valence-corrected chi connectivity index (χ0v) is 16.3. The number of aliphatic hydroxyl groups is 2. The molecule has 1 fully saturated rings. The third kappa shape index (κ3) is 6.76. The molecule has 0 bridgehead atoms. The van der Waals surface area contributed by atoms with Crippen LogP contribution in [0.3, 0.4) is 0 Å². The molecule has 3 N–H and O–H groups in total. The van der Waals surface area contributed by atoms with E-state index in [-0.39, 0.29) is 18.6 Å². The van der Waals surface area contributed by atoms with Crippen molar-refractivity contribution in [3.63, 3.8) is 0 Å². The van der Waals surface area contributed by atoms with Gasteiger partial charge >= 0.3 is 0 Å². The van der Waals surface area contributed by atoms with E-state index in [0.717, 1.165) is 25.2 Å². The first-order chi connectivity index (χ1) is 12.4. The largest absolute Gasteiger partial charge is 0.493 e. The van der Waals surface area contributed by atoms with Gasteiger partial charge in [-0.05, 0) is 43.6 Å². The molecule has 1 atom stereocenters. The van der Waals surface area contributed by atoms with E-state index in [4.69, 9.17) is 9.47 Å². The van der Waals surface area contributed by atoms with Crippen LogP contribution in [0, 0.1) is 5.41 Å². The highest BCUT2D eigenvalue weighted by atomic mass is 16.5. The van der Waals surface area contributed by atoms with Gasteiger partial charge in [-0.25, -0.2) is 0 Å². The van der Waals surface area contributed by atoms with Gasteiger partial charge in [0, 0.05) is 31.7 Å². The van der Waals surface area contributed by atoms with Gasteiger partial charge in [0.15, 0.2) is 11.5 Å². The second-order valence-corrected chi connectivity index (χ2v) is 7.88. The van der Waals surface area contributed by atoms with Crippen LogP contribution >= 0.6 is 0 Å². The molecule has 26 heavy (non-hydrogen) atoms. The number of aliphatic hydroxyl groups excluding tert-OH is 2. The van der Waals surface area contributed by atoms with Crippen LogP contribution in [-0.2, 0) is 6.54 Å². The predicted molar refractivity (Wildman–Crippen MR) is 103 cm³/mol. The number of methoxy groups -OCH3 is 1. The summed E-state index contributed by atoms with van der Waals surface area (Å²) in [5, 5.41) is 22.8. The van der Waals surface area contributed by atoms with Crippen molar-refractivity contribution in [2.45, 2.75) is 39.3 Å². The maximum atomic E-state index is 10.2. The normalized spacial score (nSPS) is 16.7. The molecule has 0 aromatic heterocycles. The summed E-state index contributed by atoms with van der Waals surface area (Å²) < 4.78 is 11.2. The first kappa shape index (κ1) is 21.0. The average molecular weight is 367 g/mol. The Hall–Kier alpha value is -1.34. The Balaban J connectivity index is 1.83. The van der Waals surface area contributed by atoms with Gasteiger partial charge in [-0.1, -0.05) is 19.9 Å². The third-order valence-electron chi connectivity index (χ3n) is 4.69. The zero-order chi connectivity index (χ0) is 19.0. The molecule has 1 aliphatic heterocycles. The minimum Gasteiger partial charge on any atom is -0.493 e. The van der Waals surface area contributed by atoms with Crippen LogP contribution in [0.5, 0.6) is 11.5 Å². The molecule has 6 nitrogen and oxygen atoms in total. The molecule has 1 unspecified atom stereocenters. The minimum atomic E-state index is -0.500. The monoisotopic (exact) mass is 366 g/mol. The number of ether oxygens (including phenoxy) is 2. The van der Waals surface area contributed by atoms with Crippen molar-refractivity contribution < 1.29 is 19.7 Å². The molecule has 1 heterocycles. The van der Waals surface area contributed by atoms with Crippen LogP contribution in [0.15, 0.2) is 18.2 Å². The molecule has 0 amide bonds. The molecule has 0 spiro atoms. The number of β-amino-alcohol motifs (C(OH)–C–C–N with tert-alkyl or cyclic N) is 1. The summed E-state index contributed by atoms with van der Waals surface area (Å²) in [6.45, 7) is 8.65. The molecule has 0 aliphatic carbocycles. The standard InChI is InChI=1S/C20H34N2O4/c1-20(2,15-23)14-21-11-16-6-7-18(19(10-16)25-3)26-13-17(24)12-22-8-4-5-9-22/h6-7,10,17,21,23-24H,4-5,8-9,11-15H2,1-3H3. The highest BCUT2D eigenvalue weighted by molar-refractivity contribution is 5.43. The van der Waals surface area contributed by atoms with Crippen molar-refractivity contribution in [2.24, 2.45) is 5.41 Å². The van der Waals surface area contributed by atoms with E-state index < -0.39 is 6.10 Å². The lowest BCUT2D eigenvalue weighted by Crippen LogP contribution is -2.33. The Labute approximate surface area is 157 Å². The molecule has 0 saturated carbocycles. The molecular formula is C20H34N2O4. The van der Waals surface area contributed by atoms with E-state index in [0.29, 0.717) is 24.6 Å². The number of nitrogens with one attached hydrogen (secondary N) is 1. The summed E-state index contributed by atoms with van der Waals surface area (Å²) in [4.78, 5) is 2.27. The number of rotatable bonds is 11. The van der Waals surface area contributed by atoms with Crippen LogP contribution in [0.4, 0.5) is 0 Å². The van der Waals surface area contributed by atoms with Gasteiger partial charge < -0.3 is 29.9 Å².